The van der Waals surface area contributed by atoms with Gasteiger partial charge in [-0.15, -0.1) is 0 Å². The number of hydrogen-bond donors (Lipinski definition) is 0. The fourth-order valence-electron chi connectivity index (χ4n) is 1.76. The zero-order valence-corrected chi connectivity index (χ0v) is 8.73. The first-order valence-corrected chi connectivity index (χ1v) is 5.28. The minimum Gasteiger partial charge on any atom is -0.450 e. The highest BCUT2D eigenvalue weighted by molar-refractivity contribution is 5.72. The van der Waals surface area contributed by atoms with E-state index in [1.165, 1.54) is 0 Å². The predicted molar refractivity (Wildman–Crippen MR) is 48.5 cm³/mol. The molecule has 0 heterocycles. The number of carbonyl (C=O) groups excluding carboxylic acids is 1. The van der Waals surface area contributed by atoms with Crippen LogP contribution in [0.3, 0.4) is 0 Å². The molecule has 6 heteroatoms. The number of carbonyl (C=O) groups is 1. The molecule has 1 atom stereocenters. The lowest BCUT2D eigenvalue weighted by molar-refractivity contribution is -0.226. The second-order valence-electron chi connectivity index (χ2n) is 3.96. The van der Waals surface area contributed by atoms with Gasteiger partial charge < -0.3 is 4.74 Å². The fraction of sp³-hybridized carbons (Fsp3) is 0.900. The van der Waals surface area contributed by atoms with E-state index < -0.39 is 30.8 Å². The van der Waals surface area contributed by atoms with Gasteiger partial charge in [0.15, 0.2) is 0 Å². The van der Waals surface area contributed by atoms with Crippen LogP contribution in [0.5, 0.6) is 0 Å². The summed E-state index contributed by atoms with van der Waals surface area (Å²) in [4.78, 5) is 11.3. The molecule has 1 aliphatic rings. The van der Waals surface area contributed by atoms with Gasteiger partial charge >= 0.3 is 12.1 Å². The van der Waals surface area contributed by atoms with Crippen LogP contribution in [-0.2, 0) is 9.53 Å². The molecule has 0 aromatic heterocycles. The van der Waals surface area contributed by atoms with Gasteiger partial charge in [0, 0.05) is 0 Å². The van der Waals surface area contributed by atoms with Crippen molar-refractivity contribution in [3.63, 3.8) is 0 Å². The zero-order chi connectivity index (χ0) is 12.2. The van der Waals surface area contributed by atoms with Crippen molar-refractivity contribution < 1.29 is 27.1 Å². The summed E-state index contributed by atoms with van der Waals surface area (Å²) in [6, 6.07) is 0. The van der Waals surface area contributed by atoms with E-state index in [-0.39, 0.29) is 0 Å². The molecular formula is C10H14F4O2. The van der Waals surface area contributed by atoms with Gasteiger partial charge in [0.25, 0.3) is 0 Å². The van der Waals surface area contributed by atoms with Crippen molar-refractivity contribution in [1.82, 2.24) is 0 Å². The maximum atomic E-state index is 12.1. The summed E-state index contributed by atoms with van der Waals surface area (Å²) in [7, 11) is 0. The summed E-state index contributed by atoms with van der Waals surface area (Å²) in [6.07, 6.45) is -3.75. The Morgan fingerprint density at radius 2 is 1.81 bits per heavy atom. The smallest absolute Gasteiger partial charge is 0.428 e. The molecule has 2 nitrogen and oxygen atoms in total. The minimum atomic E-state index is -4.82. The Morgan fingerprint density at radius 1 is 1.25 bits per heavy atom. The lowest BCUT2D eigenvalue weighted by atomic mass is 9.89. The van der Waals surface area contributed by atoms with Crippen LogP contribution in [-0.4, -0.2) is 24.9 Å². The summed E-state index contributed by atoms with van der Waals surface area (Å²) >= 11 is 0. The summed E-state index contributed by atoms with van der Waals surface area (Å²) in [5.74, 6) is -1.41. The van der Waals surface area contributed by atoms with Gasteiger partial charge in [-0.05, 0) is 12.8 Å². The van der Waals surface area contributed by atoms with Crippen molar-refractivity contribution in [2.45, 2.75) is 44.4 Å². The van der Waals surface area contributed by atoms with Crippen LogP contribution < -0.4 is 0 Å². The molecule has 0 spiro atoms. The molecule has 0 saturated heterocycles. The first kappa shape index (κ1) is 13.3. The predicted octanol–water partition coefficient (Wildman–Crippen LogP) is 3.01. The minimum absolute atomic E-state index is 0.495. The van der Waals surface area contributed by atoms with Crippen molar-refractivity contribution in [3.05, 3.63) is 0 Å². The van der Waals surface area contributed by atoms with Gasteiger partial charge in [0.1, 0.15) is 6.67 Å². The molecule has 0 radical (unpaired) electrons. The topological polar surface area (TPSA) is 26.3 Å². The Hall–Kier alpha value is -0.810. The van der Waals surface area contributed by atoms with E-state index in [1.54, 1.807) is 0 Å². The quantitative estimate of drug-likeness (QED) is 0.561. The molecule has 0 aromatic rings. The van der Waals surface area contributed by atoms with E-state index in [4.69, 9.17) is 0 Å². The summed E-state index contributed by atoms with van der Waals surface area (Å²) in [5, 5.41) is 0. The maximum absolute atomic E-state index is 12.1. The molecule has 1 rings (SSSR count). The summed E-state index contributed by atoms with van der Waals surface area (Å²) in [6.45, 7) is -1.72. The average molecular weight is 242 g/mol. The van der Waals surface area contributed by atoms with Crippen LogP contribution in [0.15, 0.2) is 0 Å². The average Bonchev–Trinajstić information content (AvgIpc) is 2.25. The van der Waals surface area contributed by atoms with Crippen LogP contribution in [0.2, 0.25) is 0 Å². The fourth-order valence-corrected chi connectivity index (χ4v) is 1.76. The van der Waals surface area contributed by atoms with Gasteiger partial charge in [-0.25, -0.2) is 4.39 Å². The van der Waals surface area contributed by atoms with Gasteiger partial charge in [-0.3, -0.25) is 4.79 Å². The Kier molecular flexibility index (Phi) is 4.56. The SMILES string of the molecule is O=C(OC(CF)C(F)(F)F)C1CCCCC1. The number of rotatable bonds is 3. The zero-order valence-electron chi connectivity index (χ0n) is 8.73. The first-order chi connectivity index (χ1) is 7.45. The second kappa shape index (κ2) is 5.50. The Balaban J connectivity index is 2.48. The Labute approximate surface area is 91.0 Å². The largest absolute Gasteiger partial charge is 0.450 e. The van der Waals surface area contributed by atoms with Crippen LogP contribution >= 0.6 is 0 Å². The van der Waals surface area contributed by atoms with Crippen LogP contribution in [0.25, 0.3) is 0 Å². The number of ether oxygens (including phenoxy) is 1. The molecule has 16 heavy (non-hydrogen) atoms. The molecule has 0 bridgehead atoms. The third-order valence-electron chi connectivity index (χ3n) is 2.70. The van der Waals surface area contributed by atoms with Gasteiger partial charge in [-0.2, -0.15) is 13.2 Å². The number of halogens is 4. The Bertz CT molecular complexity index is 233. The molecule has 1 aliphatic carbocycles. The van der Waals surface area contributed by atoms with Crippen molar-refractivity contribution in [1.29, 1.82) is 0 Å². The lowest BCUT2D eigenvalue weighted by Gasteiger charge is -2.23. The molecule has 1 fully saturated rings. The van der Waals surface area contributed by atoms with Crippen LogP contribution in [0.1, 0.15) is 32.1 Å². The van der Waals surface area contributed by atoms with Crippen molar-refractivity contribution >= 4 is 5.97 Å². The van der Waals surface area contributed by atoms with Crippen molar-refractivity contribution in [2.24, 2.45) is 5.92 Å². The number of esters is 1. The molecular weight excluding hydrogens is 228 g/mol. The molecule has 0 N–H and O–H groups in total. The molecule has 0 amide bonds. The highest BCUT2D eigenvalue weighted by Gasteiger charge is 2.43. The van der Waals surface area contributed by atoms with E-state index in [9.17, 15) is 22.4 Å². The van der Waals surface area contributed by atoms with Gasteiger partial charge in [0.2, 0.25) is 6.10 Å². The van der Waals surface area contributed by atoms with E-state index in [1.807, 2.05) is 0 Å². The van der Waals surface area contributed by atoms with E-state index in [0.717, 1.165) is 19.3 Å². The highest BCUT2D eigenvalue weighted by Crippen LogP contribution is 2.28. The van der Waals surface area contributed by atoms with E-state index in [2.05, 4.69) is 4.74 Å². The van der Waals surface area contributed by atoms with Crippen molar-refractivity contribution in [3.8, 4) is 0 Å². The second-order valence-corrected chi connectivity index (χ2v) is 3.96. The molecule has 1 saturated carbocycles. The standard InChI is InChI=1S/C10H14F4O2/c11-6-8(10(12,13)14)16-9(15)7-4-2-1-3-5-7/h7-8H,1-6H2. The normalized spacial score (nSPS) is 20.5. The first-order valence-electron chi connectivity index (χ1n) is 5.28. The lowest BCUT2D eigenvalue weighted by Crippen LogP contribution is -2.37. The van der Waals surface area contributed by atoms with E-state index >= 15 is 0 Å². The number of hydrogen-bond acceptors (Lipinski definition) is 2. The third kappa shape index (κ3) is 3.64. The van der Waals surface area contributed by atoms with E-state index in [0.29, 0.717) is 12.8 Å². The molecule has 0 aliphatic heterocycles. The van der Waals surface area contributed by atoms with Gasteiger partial charge in [0.05, 0.1) is 5.92 Å². The molecule has 0 aromatic carbocycles. The summed E-state index contributed by atoms with van der Waals surface area (Å²) < 4.78 is 52.6. The third-order valence-corrected chi connectivity index (χ3v) is 2.70. The number of alkyl halides is 4. The van der Waals surface area contributed by atoms with Crippen LogP contribution in [0.4, 0.5) is 17.6 Å². The van der Waals surface area contributed by atoms with Crippen molar-refractivity contribution in [2.75, 3.05) is 6.67 Å². The van der Waals surface area contributed by atoms with Gasteiger partial charge in [-0.1, -0.05) is 19.3 Å². The summed E-state index contributed by atoms with van der Waals surface area (Å²) in [5.41, 5.74) is 0. The Morgan fingerprint density at radius 3 is 2.25 bits per heavy atom. The van der Waals surface area contributed by atoms with Crippen LogP contribution in [0, 0.1) is 5.92 Å². The molecule has 1 unspecified atom stereocenters. The monoisotopic (exact) mass is 242 g/mol. The highest BCUT2D eigenvalue weighted by atomic mass is 19.4. The maximum Gasteiger partial charge on any atom is 0.428 e. The molecule has 94 valence electrons.